The number of nitrogens with one attached hydrogen (secondary N) is 1. The predicted octanol–water partition coefficient (Wildman–Crippen LogP) is 4.17. The zero-order valence-corrected chi connectivity index (χ0v) is 23.8. The van der Waals surface area contributed by atoms with Crippen LogP contribution in [0.3, 0.4) is 0 Å². The molecule has 1 fully saturated rings. The molecule has 0 aliphatic carbocycles. The molecule has 0 atom stereocenters. The van der Waals surface area contributed by atoms with E-state index in [1.807, 2.05) is 51.4 Å². The molecule has 1 aliphatic rings. The Morgan fingerprint density at radius 3 is 2.05 bits per heavy atom. The maximum Gasteiger partial charge on any atom is 0.246 e. The van der Waals surface area contributed by atoms with Crippen LogP contribution in [0.2, 0.25) is 0 Å². The monoisotopic (exact) mass is 541 g/mol. The minimum absolute atomic E-state index is 0.000782. The lowest BCUT2D eigenvalue weighted by Crippen LogP contribution is -2.41. The second-order valence-corrected chi connectivity index (χ2v) is 10.4. The number of aromatic nitrogens is 1. The van der Waals surface area contributed by atoms with Gasteiger partial charge in [-0.15, -0.1) is 0 Å². The Labute approximate surface area is 237 Å². The van der Waals surface area contributed by atoms with Crippen molar-refractivity contribution in [2.45, 2.75) is 25.4 Å². The van der Waals surface area contributed by atoms with E-state index in [4.69, 9.17) is 4.74 Å². The molecule has 8 heteroatoms. The third-order valence-corrected chi connectivity index (χ3v) is 7.04. The van der Waals surface area contributed by atoms with Crippen molar-refractivity contribution in [2.24, 2.45) is 0 Å². The van der Waals surface area contributed by atoms with Gasteiger partial charge in [-0.25, -0.2) is 4.98 Å². The third-order valence-electron chi connectivity index (χ3n) is 7.04. The average molecular weight is 542 g/mol. The molecule has 0 bridgehead atoms. The fraction of sp³-hybridized carbons (Fsp3) is 0.344. The summed E-state index contributed by atoms with van der Waals surface area (Å²) < 4.78 is 6.08. The van der Waals surface area contributed by atoms with Crippen molar-refractivity contribution < 1.29 is 14.3 Å². The van der Waals surface area contributed by atoms with Crippen LogP contribution in [-0.2, 0) is 16.0 Å². The molecule has 210 valence electrons. The SMILES string of the molecule is CN(C)c1ccc(CCNC(=O)/C=C\C(=O)N2CCC(Oc3ccc(-c4ccc(N(C)C)cc4)cn3)CC2)cc1. The summed E-state index contributed by atoms with van der Waals surface area (Å²) in [4.78, 5) is 35.1. The van der Waals surface area contributed by atoms with Crippen LogP contribution in [0, 0.1) is 0 Å². The van der Waals surface area contributed by atoms with Gasteiger partial charge in [-0.1, -0.05) is 24.3 Å². The normalized spacial score (nSPS) is 13.8. The lowest BCUT2D eigenvalue weighted by Gasteiger charge is -2.31. The van der Waals surface area contributed by atoms with Gasteiger partial charge in [-0.3, -0.25) is 9.59 Å². The number of hydrogen-bond donors (Lipinski definition) is 1. The van der Waals surface area contributed by atoms with E-state index in [-0.39, 0.29) is 17.9 Å². The van der Waals surface area contributed by atoms with Crippen molar-refractivity contribution in [1.82, 2.24) is 15.2 Å². The number of carbonyl (C=O) groups is 2. The average Bonchev–Trinajstić information content (AvgIpc) is 2.97. The first-order valence-corrected chi connectivity index (χ1v) is 13.7. The molecule has 1 N–H and O–H groups in total. The highest BCUT2D eigenvalue weighted by molar-refractivity contribution is 5.96. The summed E-state index contributed by atoms with van der Waals surface area (Å²) in [6.45, 7) is 1.67. The van der Waals surface area contributed by atoms with Gasteiger partial charge in [-0.2, -0.15) is 0 Å². The number of amides is 2. The number of pyridine rings is 1. The standard InChI is InChI=1S/C32H39N5O3/c1-35(2)27-10-5-24(6-11-27)17-20-33-30(38)14-16-32(39)37-21-18-29(19-22-37)40-31-15-9-26(23-34-31)25-7-12-28(13-8-25)36(3)4/h5-16,23,29H,17-22H2,1-4H3,(H,33,38)/b16-14-. The largest absolute Gasteiger partial charge is 0.474 e. The first kappa shape index (κ1) is 28.7. The molecular formula is C32H39N5O3. The van der Waals surface area contributed by atoms with Crippen molar-refractivity contribution in [2.75, 3.05) is 57.6 Å². The van der Waals surface area contributed by atoms with Crippen LogP contribution < -0.4 is 19.9 Å². The minimum Gasteiger partial charge on any atom is -0.474 e. The van der Waals surface area contributed by atoms with Crippen molar-refractivity contribution >= 4 is 23.2 Å². The van der Waals surface area contributed by atoms with Crippen molar-refractivity contribution in [3.05, 3.63) is 84.6 Å². The molecule has 1 saturated heterocycles. The molecule has 0 spiro atoms. The number of benzene rings is 2. The highest BCUT2D eigenvalue weighted by atomic mass is 16.5. The van der Waals surface area contributed by atoms with Gasteiger partial charge in [0.2, 0.25) is 17.7 Å². The van der Waals surface area contributed by atoms with E-state index in [2.05, 4.69) is 63.7 Å². The summed E-state index contributed by atoms with van der Waals surface area (Å²) in [5.41, 5.74) is 5.58. The number of nitrogens with zero attached hydrogens (tertiary/aromatic N) is 4. The molecule has 2 amide bonds. The predicted molar refractivity (Wildman–Crippen MR) is 161 cm³/mol. The maximum atomic E-state index is 12.6. The zero-order chi connectivity index (χ0) is 28.5. The van der Waals surface area contributed by atoms with Gasteiger partial charge in [0, 0.05) is 102 Å². The van der Waals surface area contributed by atoms with Crippen molar-refractivity contribution in [1.29, 1.82) is 0 Å². The molecular weight excluding hydrogens is 502 g/mol. The van der Waals surface area contributed by atoms with Gasteiger partial charge in [0.1, 0.15) is 6.10 Å². The van der Waals surface area contributed by atoms with Crippen LogP contribution in [0.4, 0.5) is 11.4 Å². The van der Waals surface area contributed by atoms with Crippen LogP contribution in [0.25, 0.3) is 11.1 Å². The second kappa shape index (κ2) is 13.6. The van der Waals surface area contributed by atoms with Crippen LogP contribution in [-0.4, -0.2) is 75.6 Å². The summed E-state index contributed by atoms with van der Waals surface area (Å²) in [6.07, 6.45) is 6.67. The molecule has 4 rings (SSSR count). The number of piperidine rings is 1. The van der Waals surface area contributed by atoms with Crippen LogP contribution >= 0.6 is 0 Å². The minimum atomic E-state index is -0.264. The first-order chi connectivity index (χ1) is 19.3. The quantitative estimate of drug-likeness (QED) is 0.389. The summed E-state index contributed by atoms with van der Waals surface area (Å²) in [6, 6.07) is 20.5. The molecule has 8 nitrogen and oxygen atoms in total. The Hall–Kier alpha value is -4.33. The molecule has 1 aliphatic heterocycles. The second-order valence-electron chi connectivity index (χ2n) is 10.4. The van der Waals surface area contributed by atoms with Crippen LogP contribution in [0.1, 0.15) is 18.4 Å². The van der Waals surface area contributed by atoms with Crippen LogP contribution in [0.5, 0.6) is 5.88 Å². The highest BCUT2D eigenvalue weighted by Gasteiger charge is 2.23. The van der Waals surface area contributed by atoms with E-state index in [9.17, 15) is 9.59 Å². The summed E-state index contributed by atoms with van der Waals surface area (Å²) in [7, 11) is 8.05. The first-order valence-electron chi connectivity index (χ1n) is 13.7. The van der Waals surface area contributed by atoms with Crippen molar-refractivity contribution in [3.63, 3.8) is 0 Å². The third kappa shape index (κ3) is 8.09. The Morgan fingerprint density at radius 1 is 0.875 bits per heavy atom. The van der Waals surface area contributed by atoms with Gasteiger partial charge in [0.15, 0.2) is 0 Å². The summed E-state index contributed by atoms with van der Waals surface area (Å²) in [5.74, 6) is 0.166. The number of hydrogen-bond acceptors (Lipinski definition) is 6. The Morgan fingerprint density at radius 2 is 1.48 bits per heavy atom. The molecule has 3 aromatic rings. The Kier molecular flexibility index (Phi) is 9.78. The molecule has 0 saturated carbocycles. The number of ether oxygens (including phenoxy) is 1. The van der Waals surface area contributed by atoms with E-state index in [0.29, 0.717) is 38.4 Å². The van der Waals surface area contributed by atoms with Gasteiger partial charge < -0.3 is 24.8 Å². The lowest BCUT2D eigenvalue weighted by molar-refractivity contribution is -0.128. The molecule has 40 heavy (non-hydrogen) atoms. The van der Waals surface area contributed by atoms with E-state index >= 15 is 0 Å². The smallest absolute Gasteiger partial charge is 0.246 e. The fourth-order valence-corrected chi connectivity index (χ4v) is 4.54. The molecule has 1 aromatic heterocycles. The maximum absolute atomic E-state index is 12.6. The number of carbonyl (C=O) groups excluding carboxylic acids is 2. The van der Waals surface area contributed by atoms with E-state index in [1.165, 1.54) is 12.2 Å². The molecule has 0 unspecified atom stereocenters. The van der Waals surface area contributed by atoms with Crippen molar-refractivity contribution in [3.8, 4) is 17.0 Å². The molecule has 2 aromatic carbocycles. The number of rotatable bonds is 10. The van der Waals surface area contributed by atoms with Gasteiger partial charge in [0.25, 0.3) is 0 Å². The number of likely N-dealkylation sites (tertiary alicyclic amines) is 1. The summed E-state index contributed by atoms with van der Waals surface area (Å²) in [5, 5.41) is 2.85. The molecule has 0 radical (unpaired) electrons. The molecule has 2 heterocycles. The topological polar surface area (TPSA) is 78.0 Å². The van der Waals surface area contributed by atoms with Crippen LogP contribution in [0.15, 0.2) is 79.0 Å². The van der Waals surface area contributed by atoms with Gasteiger partial charge in [-0.05, 0) is 47.9 Å². The van der Waals surface area contributed by atoms with E-state index in [1.54, 1.807) is 4.90 Å². The Bertz CT molecular complexity index is 1280. The lowest BCUT2D eigenvalue weighted by atomic mass is 10.1. The zero-order valence-electron chi connectivity index (χ0n) is 23.8. The Balaban J connectivity index is 1.16. The number of anilines is 2. The van der Waals surface area contributed by atoms with Gasteiger partial charge in [0.05, 0.1) is 0 Å². The summed E-state index contributed by atoms with van der Waals surface area (Å²) >= 11 is 0. The van der Waals surface area contributed by atoms with E-state index < -0.39 is 0 Å². The van der Waals surface area contributed by atoms with E-state index in [0.717, 1.165) is 34.5 Å². The van der Waals surface area contributed by atoms with Gasteiger partial charge >= 0.3 is 0 Å². The highest BCUT2D eigenvalue weighted by Crippen LogP contribution is 2.24. The fourth-order valence-electron chi connectivity index (χ4n) is 4.54.